The van der Waals surface area contributed by atoms with Crippen LogP contribution >= 0.6 is 0 Å². The second-order valence-corrected chi connectivity index (χ2v) is 5.43. The summed E-state index contributed by atoms with van der Waals surface area (Å²) in [5.41, 5.74) is 1.29. The fourth-order valence-corrected chi connectivity index (χ4v) is 2.29. The minimum atomic E-state index is -0.451. The molecule has 1 atom stereocenters. The zero-order valence-corrected chi connectivity index (χ0v) is 10.3. The molecule has 1 aliphatic rings. The van der Waals surface area contributed by atoms with Gasteiger partial charge < -0.3 is 10.0 Å². The summed E-state index contributed by atoms with van der Waals surface area (Å²) >= 11 is 0. The molecule has 1 aromatic rings. The van der Waals surface area contributed by atoms with E-state index in [0.29, 0.717) is 5.41 Å². The van der Waals surface area contributed by atoms with Gasteiger partial charge in [-0.25, -0.2) is 4.98 Å². The van der Waals surface area contributed by atoms with Crippen LogP contribution in [-0.4, -0.2) is 23.2 Å². The lowest BCUT2D eigenvalue weighted by Gasteiger charge is -2.23. The monoisotopic (exact) mass is 220 g/mol. The first kappa shape index (κ1) is 11.4. The minimum Gasteiger partial charge on any atom is -0.389 e. The van der Waals surface area contributed by atoms with Gasteiger partial charge >= 0.3 is 0 Å². The number of rotatable bonds is 2. The van der Waals surface area contributed by atoms with E-state index < -0.39 is 6.10 Å². The fraction of sp³-hybridized carbons (Fsp3) is 0.615. The Kier molecular flexibility index (Phi) is 2.89. The van der Waals surface area contributed by atoms with Gasteiger partial charge in [0.1, 0.15) is 5.82 Å². The molecule has 0 aromatic carbocycles. The van der Waals surface area contributed by atoms with Gasteiger partial charge in [0.05, 0.1) is 6.10 Å². The van der Waals surface area contributed by atoms with Crippen LogP contribution in [0.1, 0.15) is 38.9 Å². The first-order valence-corrected chi connectivity index (χ1v) is 5.87. The standard InChI is InChI=1S/C13H20N2O/c1-10(16)11-5-4-7-14-12(11)15-8-6-13(2,3)9-15/h4-5,7,10,16H,6,8-9H2,1-3H3/t10-/m1/s1. The van der Waals surface area contributed by atoms with Gasteiger partial charge in [0, 0.05) is 24.8 Å². The van der Waals surface area contributed by atoms with Crippen molar-refractivity contribution in [3.8, 4) is 0 Å². The Bertz CT molecular complexity index is 374. The third kappa shape index (κ3) is 2.19. The molecule has 0 amide bonds. The average Bonchev–Trinajstić information content (AvgIpc) is 2.59. The lowest BCUT2D eigenvalue weighted by Crippen LogP contribution is -2.25. The van der Waals surface area contributed by atoms with Gasteiger partial charge in [-0.2, -0.15) is 0 Å². The van der Waals surface area contributed by atoms with E-state index >= 15 is 0 Å². The predicted molar refractivity (Wildman–Crippen MR) is 65.5 cm³/mol. The molecule has 0 aliphatic carbocycles. The molecule has 16 heavy (non-hydrogen) atoms. The predicted octanol–water partition coefficient (Wildman–Crippen LogP) is 2.37. The van der Waals surface area contributed by atoms with Gasteiger partial charge in [0.15, 0.2) is 0 Å². The molecule has 1 N–H and O–H groups in total. The van der Waals surface area contributed by atoms with Crippen LogP contribution in [0.5, 0.6) is 0 Å². The lowest BCUT2D eigenvalue weighted by molar-refractivity contribution is 0.199. The Labute approximate surface area is 97.1 Å². The molecular formula is C13H20N2O. The normalized spacial score (nSPS) is 21.1. The number of aromatic nitrogens is 1. The van der Waals surface area contributed by atoms with Crippen LogP contribution in [0.25, 0.3) is 0 Å². The summed E-state index contributed by atoms with van der Waals surface area (Å²) in [6.45, 7) is 8.39. The number of pyridine rings is 1. The minimum absolute atomic E-state index is 0.355. The Morgan fingerprint density at radius 1 is 1.50 bits per heavy atom. The molecule has 2 heterocycles. The second kappa shape index (κ2) is 4.06. The Balaban J connectivity index is 2.28. The van der Waals surface area contributed by atoms with Gasteiger partial charge in [-0.15, -0.1) is 0 Å². The highest BCUT2D eigenvalue weighted by molar-refractivity contribution is 5.49. The molecule has 0 saturated carbocycles. The number of aliphatic hydroxyl groups is 1. The molecule has 2 rings (SSSR count). The summed E-state index contributed by atoms with van der Waals surface area (Å²) in [5.74, 6) is 0.947. The van der Waals surface area contributed by atoms with Gasteiger partial charge in [-0.1, -0.05) is 19.9 Å². The molecular weight excluding hydrogens is 200 g/mol. The van der Waals surface area contributed by atoms with Gasteiger partial charge in [0.25, 0.3) is 0 Å². The SMILES string of the molecule is C[C@@H](O)c1cccnc1N1CCC(C)(C)C1. The molecule has 1 aromatic heterocycles. The van der Waals surface area contributed by atoms with Crippen molar-refractivity contribution in [3.05, 3.63) is 23.9 Å². The number of aliphatic hydroxyl groups excluding tert-OH is 1. The summed E-state index contributed by atoms with van der Waals surface area (Å²) in [4.78, 5) is 6.69. The smallest absolute Gasteiger partial charge is 0.134 e. The molecule has 0 spiro atoms. The molecule has 1 fully saturated rings. The molecule has 0 bridgehead atoms. The van der Waals surface area contributed by atoms with Crippen molar-refractivity contribution >= 4 is 5.82 Å². The van der Waals surface area contributed by atoms with Crippen LogP contribution in [0, 0.1) is 5.41 Å². The van der Waals surface area contributed by atoms with E-state index in [0.717, 1.165) is 24.5 Å². The van der Waals surface area contributed by atoms with E-state index in [9.17, 15) is 5.11 Å². The zero-order valence-electron chi connectivity index (χ0n) is 10.3. The molecule has 3 nitrogen and oxygen atoms in total. The second-order valence-electron chi connectivity index (χ2n) is 5.43. The van der Waals surface area contributed by atoms with E-state index in [1.54, 1.807) is 13.1 Å². The molecule has 0 unspecified atom stereocenters. The third-order valence-electron chi connectivity index (χ3n) is 3.24. The maximum absolute atomic E-state index is 9.73. The molecule has 88 valence electrons. The van der Waals surface area contributed by atoms with Crippen LogP contribution in [0.4, 0.5) is 5.82 Å². The number of anilines is 1. The summed E-state index contributed by atoms with van der Waals surface area (Å²) in [6, 6.07) is 3.84. The van der Waals surface area contributed by atoms with E-state index in [4.69, 9.17) is 0 Å². The maximum atomic E-state index is 9.73. The van der Waals surface area contributed by atoms with Crippen molar-refractivity contribution in [1.82, 2.24) is 4.98 Å². The van der Waals surface area contributed by atoms with Crippen LogP contribution in [0.15, 0.2) is 18.3 Å². The van der Waals surface area contributed by atoms with Gasteiger partial charge in [-0.3, -0.25) is 0 Å². The molecule has 1 aliphatic heterocycles. The molecule has 0 radical (unpaired) electrons. The van der Waals surface area contributed by atoms with Crippen molar-refractivity contribution in [2.75, 3.05) is 18.0 Å². The number of hydrogen-bond donors (Lipinski definition) is 1. The van der Waals surface area contributed by atoms with E-state index in [2.05, 4.69) is 23.7 Å². The molecule has 1 saturated heterocycles. The van der Waals surface area contributed by atoms with Crippen LogP contribution in [-0.2, 0) is 0 Å². The van der Waals surface area contributed by atoms with Crippen molar-refractivity contribution in [2.24, 2.45) is 5.41 Å². The highest BCUT2D eigenvalue weighted by atomic mass is 16.3. The largest absolute Gasteiger partial charge is 0.389 e. The van der Waals surface area contributed by atoms with Crippen molar-refractivity contribution in [2.45, 2.75) is 33.3 Å². The highest BCUT2D eigenvalue weighted by Crippen LogP contribution is 2.34. The van der Waals surface area contributed by atoms with E-state index in [1.165, 1.54) is 6.42 Å². The zero-order chi connectivity index (χ0) is 11.8. The highest BCUT2D eigenvalue weighted by Gasteiger charge is 2.31. The first-order valence-electron chi connectivity index (χ1n) is 5.87. The van der Waals surface area contributed by atoms with Gasteiger partial charge in [0.2, 0.25) is 0 Å². The Morgan fingerprint density at radius 3 is 2.81 bits per heavy atom. The fourth-order valence-electron chi connectivity index (χ4n) is 2.29. The quantitative estimate of drug-likeness (QED) is 0.831. The summed E-state index contributed by atoms with van der Waals surface area (Å²) in [6.07, 6.45) is 2.53. The lowest BCUT2D eigenvalue weighted by atomic mass is 9.93. The van der Waals surface area contributed by atoms with Crippen LogP contribution in [0.3, 0.4) is 0 Å². The maximum Gasteiger partial charge on any atom is 0.134 e. The first-order chi connectivity index (χ1) is 7.49. The van der Waals surface area contributed by atoms with Crippen molar-refractivity contribution in [3.63, 3.8) is 0 Å². The van der Waals surface area contributed by atoms with Crippen molar-refractivity contribution < 1.29 is 5.11 Å². The van der Waals surface area contributed by atoms with E-state index in [-0.39, 0.29) is 0 Å². The van der Waals surface area contributed by atoms with Crippen molar-refractivity contribution in [1.29, 1.82) is 0 Å². The summed E-state index contributed by atoms with van der Waals surface area (Å²) < 4.78 is 0. The van der Waals surface area contributed by atoms with Crippen LogP contribution in [0.2, 0.25) is 0 Å². The average molecular weight is 220 g/mol. The summed E-state index contributed by atoms with van der Waals surface area (Å²) in [7, 11) is 0. The number of hydrogen-bond acceptors (Lipinski definition) is 3. The van der Waals surface area contributed by atoms with Gasteiger partial charge in [-0.05, 0) is 24.8 Å². The third-order valence-corrected chi connectivity index (χ3v) is 3.24. The van der Waals surface area contributed by atoms with Crippen LogP contribution < -0.4 is 4.90 Å². The van der Waals surface area contributed by atoms with E-state index in [1.807, 2.05) is 12.1 Å². The number of nitrogens with zero attached hydrogens (tertiary/aromatic N) is 2. The Hall–Kier alpha value is -1.09. The topological polar surface area (TPSA) is 36.4 Å². The summed E-state index contributed by atoms with van der Waals surface area (Å²) in [5, 5.41) is 9.73. The molecule has 3 heteroatoms. The Morgan fingerprint density at radius 2 is 2.25 bits per heavy atom.